The molecule has 0 fully saturated rings. The fraction of sp³-hybridized carbons (Fsp3) is 0.455. The molecule has 13 heavy (non-hydrogen) atoms. The molecule has 70 valence electrons. The molecule has 0 aliphatic rings. The first kappa shape index (κ1) is 9.90. The summed E-state index contributed by atoms with van der Waals surface area (Å²) in [7, 11) is 0. The molecule has 0 heterocycles. The van der Waals surface area contributed by atoms with Crippen LogP contribution in [-0.4, -0.2) is 0 Å². The molecular weight excluding hydrogens is 162 g/mol. The van der Waals surface area contributed by atoms with Crippen molar-refractivity contribution >= 4 is 5.69 Å². The number of benzene rings is 1. The molecule has 0 saturated carbocycles. The highest BCUT2D eigenvalue weighted by molar-refractivity contribution is 5.38. The molecule has 1 rings (SSSR count). The Hall–Kier alpha value is -1.18. The molecular formula is C11H15NO. The predicted octanol–water partition coefficient (Wildman–Crippen LogP) is 3.67. The first-order valence-corrected chi connectivity index (χ1v) is 4.64. The summed E-state index contributed by atoms with van der Waals surface area (Å²) in [6, 6.07) is 7.48. The van der Waals surface area contributed by atoms with Crippen LogP contribution in [0.25, 0.3) is 0 Å². The van der Waals surface area contributed by atoms with E-state index in [1.54, 1.807) is 12.1 Å². The number of aryl methyl sites for hydroxylation is 1. The van der Waals surface area contributed by atoms with Gasteiger partial charge in [-0.1, -0.05) is 26.0 Å². The molecule has 0 aliphatic carbocycles. The highest BCUT2D eigenvalue weighted by atomic mass is 16.3. The quantitative estimate of drug-likeness (QED) is 0.645. The van der Waals surface area contributed by atoms with Gasteiger partial charge in [-0.05, 0) is 41.6 Å². The molecule has 0 spiro atoms. The third-order valence-corrected chi connectivity index (χ3v) is 2.05. The minimum atomic E-state index is 0.508. The third kappa shape index (κ3) is 3.36. The zero-order valence-corrected chi connectivity index (χ0v) is 8.16. The summed E-state index contributed by atoms with van der Waals surface area (Å²) in [4.78, 5) is 10.1. The van der Waals surface area contributed by atoms with Gasteiger partial charge in [-0.15, -0.1) is 4.91 Å². The van der Waals surface area contributed by atoms with Gasteiger partial charge in [0.05, 0.1) is 0 Å². The molecule has 0 aliphatic heterocycles. The van der Waals surface area contributed by atoms with Crippen molar-refractivity contribution in [3.63, 3.8) is 0 Å². The van der Waals surface area contributed by atoms with Crippen molar-refractivity contribution in [2.24, 2.45) is 11.1 Å². The van der Waals surface area contributed by atoms with Crippen molar-refractivity contribution in [1.29, 1.82) is 0 Å². The van der Waals surface area contributed by atoms with Crippen LogP contribution in [0.15, 0.2) is 29.4 Å². The molecule has 0 aromatic heterocycles. The lowest BCUT2D eigenvalue weighted by molar-refractivity contribution is 0.587. The zero-order chi connectivity index (χ0) is 9.68. The minimum Gasteiger partial charge on any atom is -0.145 e. The van der Waals surface area contributed by atoms with E-state index >= 15 is 0 Å². The maximum Gasteiger partial charge on any atom is 0.108 e. The van der Waals surface area contributed by atoms with E-state index in [4.69, 9.17) is 0 Å². The summed E-state index contributed by atoms with van der Waals surface area (Å²) in [6.45, 7) is 4.42. The van der Waals surface area contributed by atoms with Crippen molar-refractivity contribution < 1.29 is 0 Å². The van der Waals surface area contributed by atoms with Gasteiger partial charge in [0.2, 0.25) is 0 Å². The molecule has 1 aromatic rings. The zero-order valence-electron chi connectivity index (χ0n) is 8.16. The van der Waals surface area contributed by atoms with Gasteiger partial charge in [0, 0.05) is 0 Å². The van der Waals surface area contributed by atoms with Gasteiger partial charge < -0.3 is 0 Å². The summed E-state index contributed by atoms with van der Waals surface area (Å²) in [5, 5.41) is 2.86. The van der Waals surface area contributed by atoms with Crippen molar-refractivity contribution in [3.8, 4) is 0 Å². The van der Waals surface area contributed by atoms with Crippen LogP contribution in [-0.2, 0) is 6.42 Å². The Morgan fingerprint density at radius 1 is 1.23 bits per heavy atom. The van der Waals surface area contributed by atoms with Gasteiger partial charge in [0.15, 0.2) is 0 Å². The fourth-order valence-electron chi connectivity index (χ4n) is 1.18. The van der Waals surface area contributed by atoms with E-state index < -0.39 is 0 Å². The monoisotopic (exact) mass is 177 g/mol. The van der Waals surface area contributed by atoms with E-state index in [1.807, 2.05) is 12.1 Å². The molecule has 2 heteroatoms. The van der Waals surface area contributed by atoms with E-state index in [0.29, 0.717) is 5.69 Å². The van der Waals surface area contributed by atoms with Gasteiger partial charge in [-0.2, -0.15) is 0 Å². The van der Waals surface area contributed by atoms with Crippen LogP contribution < -0.4 is 0 Å². The van der Waals surface area contributed by atoms with Crippen LogP contribution in [0.5, 0.6) is 0 Å². The van der Waals surface area contributed by atoms with Crippen LogP contribution >= 0.6 is 0 Å². The Kier molecular flexibility index (Phi) is 3.62. The smallest absolute Gasteiger partial charge is 0.108 e. The number of hydrogen-bond acceptors (Lipinski definition) is 2. The van der Waals surface area contributed by atoms with Crippen molar-refractivity contribution in [2.45, 2.75) is 26.7 Å². The average molecular weight is 177 g/mol. The first-order valence-electron chi connectivity index (χ1n) is 4.64. The summed E-state index contributed by atoms with van der Waals surface area (Å²) in [5.41, 5.74) is 1.79. The van der Waals surface area contributed by atoms with Gasteiger partial charge in [-0.3, -0.25) is 0 Å². The molecule has 0 radical (unpaired) electrons. The maximum atomic E-state index is 10.1. The van der Waals surface area contributed by atoms with Crippen LogP contribution in [0.1, 0.15) is 25.8 Å². The van der Waals surface area contributed by atoms with E-state index in [-0.39, 0.29) is 0 Å². The largest absolute Gasteiger partial charge is 0.145 e. The second kappa shape index (κ2) is 4.75. The molecule has 0 N–H and O–H groups in total. The number of nitroso groups, excluding NO2 is 1. The van der Waals surface area contributed by atoms with Crippen LogP contribution in [0.2, 0.25) is 0 Å². The Bertz CT molecular complexity index is 264. The number of hydrogen-bond donors (Lipinski definition) is 0. The maximum absolute atomic E-state index is 10.1. The van der Waals surface area contributed by atoms with Crippen molar-refractivity contribution in [3.05, 3.63) is 34.7 Å². The van der Waals surface area contributed by atoms with E-state index in [2.05, 4.69) is 19.0 Å². The molecule has 0 unspecified atom stereocenters. The Labute approximate surface area is 79.0 Å². The Balaban J connectivity index is 2.54. The molecule has 0 bridgehead atoms. The van der Waals surface area contributed by atoms with Gasteiger partial charge in [-0.25, -0.2) is 0 Å². The minimum absolute atomic E-state index is 0.508. The first-order chi connectivity index (χ1) is 6.22. The summed E-state index contributed by atoms with van der Waals surface area (Å²) in [5.74, 6) is 0.726. The summed E-state index contributed by atoms with van der Waals surface area (Å²) >= 11 is 0. The van der Waals surface area contributed by atoms with Gasteiger partial charge >= 0.3 is 0 Å². The lowest BCUT2D eigenvalue weighted by Crippen LogP contribution is -1.91. The number of nitrogens with zero attached hydrogens (tertiary/aromatic N) is 1. The molecule has 1 aromatic carbocycles. The SMILES string of the molecule is CC(C)CCc1ccc(N=O)cc1. The van der Waals surface area contributed by atoms with E-state index in [9.17, 15) is 4.91 Å². The third-order valence-electron chi connectivity index (χ3n) is 2.05. The van der Waals surface area contributed by atoms with E-state index in [0.717, 1.165) is 12.3 Å². The van der Waals surface area contributed by atoms with Crippen LogP contribution in [0, 0.1) is 10.8 Å². The fourth-order valence-corrected chi connectivity index (χ4v) is 1.18. The predicted molar refractivity (Wildman–Crippen MR) is 55.1 cm³/mol. The summed E-state index contributed by atoms with van der Waals surface area (Å²) < 4.78 is 0. The molecule has 2 nitrogen and oxygen atoms in total. The lowest BCUT2D eigenvalue weighted by atomic mass is 10.0. The average Bonchev–Trinajstić information content (AvgIpc) is 2.15. The van der Waals surface area contributed by atoms with Crippen LogP contribution in [0.4, 0.5) is 5.69 Å². The standard InChI is InChI=1S/C11H15NO/c1-9(2)3-4-10-5-7-11(12-13)8-6-10/h5-9H,3-4H2,1-2H3. The molecule has 0 amide bonds. The second-order valence-electron chi connectivity index (χ2n) is 3.69. The molecule has 0 saturated heterocycles. The Morgan fingerprint density at radius 3 is 2.31 bits per heavy atom. The summed E-state index contributed by atoms with van der Waals surface area (Å²) in [6.07, 6.45) is 2.27. The highest BCUT2D eigenvalue weighted by Gasteiger charge is 1.97. The second-order valence-corrected chi connectivity index (χ2v) is 3.69. The van der Waals surface area contributed by atoms with Crippen molar-refractivity contribution in [1.82, 2.24) is 0 Å². The topological polar surface area (TPSA) is 29.4 Å². The molecule has 0 atom stereocenters. The normalized spacial score (nSPS) is 10.4. The Morgan fingerprint density at radius 2 is 1.85 bits per heavy atom. The lowest BCUT2D eigenvalue weighted by Gasteiger charge is -2.03. The van der Waals surface area contributed by atoms with Gasteiger partial charge in [0.25, 0.3) is 0 Å². The van der Waals surface area contributed by atoms with Crippen LogP contribution in [0.3, 0.4) is 0 Å². The van der Waals surface area contributed by atoms with Gasteiger partial charge in [0.1, 0.15) is 5.69 Å². The number of rotatable bonds is 4. The highest BCUT2D eigenvalue weighted by Crippen LogP contribution is 2.14. The van der Waals surface area contributed by atoms with Crippen molar-refractivity contribution in [2.75, 3.05) is 0 Å². The van der Waals surface area contributed by atoms with E-state index in [1.165, 1.54) is 12.0 Å².